The van der Waals surface area contributed by atoms with Crippen molar-refractivity contribution in [3.63, 3.8) is 0 Å². The first kappa shape index (κ1) is 14.2. The molecular formula is C14H8Br2FN3O. The first-order valence-electron chi connectivity index (χ1n) is 5.89. The van der Waals surface area contributed by atoms with Gasteiger partial charge >= 0.3 is 0 Å². The van der Waals surface area contributed by atoms with Crippen LogP contribution < -0.4 is 5.73 Å². The molecule has 0 saturated heterocycles. The van der Waals surface area contributed by atoms with Crippen LogP contribution in [0.25, 0.3) is 22.8 Å². The van der Waals surface area contributed by atoms with Crippen molar-refractivity contribution in [1.82, 2.24) is 10.1 Å². The number of rotatable bonds is 2. The standard InChI is InChI=1S/C14H8Br2FN3O/c15-10-4-2-8(17)6-9(10)13-19-14(21-20-13)7-1-3-11(16)12(18)5-7/h1-6H,18H2. The normalized spacial score (nSPS) is 10.8. The molecule has 0 spiro atoms. The Morgan fingerprint density at radius 1 is 1.05 bits per heavy atom. The highest BCUT2D eigenvalue weighted by atomic mass is 79.9. The topological polar surface area (TPSA) is 64.9 Å². The van der Waals surface area contributed by atoms with Crippen molar-refractivity contribution in [2.24, 2.45) is 0 Å². The Hall–Kier alpha value is -1.73. The minimum absolute atomic E-state index is 0.304. The summed E-state index contributed by atoms with van der Waals surface area (Å²) in [6.45, 7) is 0. The second-order valence-electron chi connectivity index (χ2n) is 4.28. The van der Waals surface area contributed by atoms with Crippen LogP contribution in [0.1, 0.15) is 0 Å². The highest BCUT2D eigenvalue weighted by Gasteiger charge is 2.14. The number of nitrogens with zero attached hydrogens (tertiary/aromatic N) is 2. The molecule has 0 bridgehead atoms. The fraction of sp³-hybridized carbons (Fsp3) is 0. The Morgan fingerprint density at radius 2 is 1.81 bits per heavy atom. The Labute approximate surface area is 136 Å². The molecule has 1 aromatic heterocycles. The molecule has 4 nitrogen and oxygen atoms in total. The summed E-state index contributed by atoms with van der Waals surface area (Å²) in [7, 11) is 0. The predicted octanol–water partition coefficient (Wildman–Crippen LogP) is 4.65. The monoisotopic (exact) mass is 411 g/mol. The Balaban J connectivity index is 2.03. The zero-order valence-electron chi connectivity index (χ0n) is 10.5. The summed E-state index contributed by atoms with van der Waals surface area (Å²) in [5.74, 6) is 0.255. The van der Waals surface area contributed by atoms with Crippen LogP contribution in [0.2, 0.25) is 0 Å². The van der Waals surface area contributed by atoms with Gasteiger partial charge in [-0.1, -0.05) is 21.1 Å². The van der Waals surface area contributed by atoms with Gasteiger partial charge < -0.3 is 10.3 Å². The lowest BCUT2D eigenvalue weighted by molar-refractivity contribution is 0.432. The quantitative estimate of drug-likeness (QED) is 0.622. The Kier molecular flexibility index (Phi) is 3.77. The van der Waals surface area contributed by atoms with Crippen LogP contribution in [0, 0.1) is 5.82 Å². The zero-order chi connectivity index (χ0) is 15.0. The average molecular weight is 413 g/mol. The number of nitrogens with two attached hydrogens (primary N) is 1. The van der Waals surface area contributed by atoms with E-state index in [1.807, 2.05) is 0 Å². The van der Waals surface area contributed by atoms with Gasteiger partial charge in [-0.2, -0.15) is 4.98 Å². The number of hydrogen-bond donors (Lipinski definition) is 1. The van der Waals surface area contributed by atoms with Gasteiger partial charge in [0.1, 0.15) is 5.82 Å². The van der Waals surface area contributed by atoms with Crippen molar-refractivity contribution in [2.45, 2.75) is 0 Å². The van der Waals surface area contributed by atoms with Gasteiger partial charge in [0.05, 0.1) is 0 Å². The van der Waals surface area contributed by atoms with E-state index < -0.39 is 0 Å². The van der Waals surface area contributed by atoms with Crippen molar-refractivity contribution in [3.05, 3.63) is 51.2 Å². The van der Waals surface area contributed by atoms with E-state index in [0.29, 0.717) is 33.0 Å². The maximum Gasteiger partial charge on any atom is 0.258 e. The molecule has 0 aliphatic heterocycles. The Bertz CT molecular complexity index is 820. The maximum absolute atomic E-state index is 13.3. The summed E-state index contributed by atoms with van der Waals surface area (Å²) in [6, 6.07) is 9.62. The molecule has 0 unspecified atom stereocenters. The molecule has 1 heterocycles. The second-order valence-corrected chi connectivity index (χ2v) is 5.99. The molecule has 0 radical (unpaired) electrons. The van der Waals surface area contributed by atoms with Gasteiger partial charge in [0.2, 0.25) is 5.82 Å². The zero-order valence-corrected chi connectivity index (χ0v) is 13.7. The van der Waals surface area contributed by atoms with Crippen LogP contribution in [-0.2, 0) is 0 Å². The maximum atomic E-state index is 13.3. The van der Waals surface area contributed by atoms with Crippen molar-refractivity contribution >= 4 is 37.5 Å². The van der Waals surface area contributed by atoms with E-state index in [-0.39, 0.29) is 5.82 Å². The fourth-order valence-electron chi connectivity index (χ4n) is 1.80. The summed E-state index contributed by atoms with van der Waals surface area (Å²) >= 11 is 6.66. The molecule has 3 rings (SSSR count). The van der Waals surface area contributed by atoms with Gasteiger partial charge in [0.25, 0.3) is 5.89 Å². The molecule has 2 aromatic carbocycles. The molecule has 7 heteroatoms. The summed E-state index contributed by atoms with van der Waals surface area (Å²) in [5.41, 5.74) is 7.61. The van der Waals surface area contributed by atoms with E-state index in [2.05, 4.69) is 42.0 Å². The molecule has 0 atom stereocenters. The summed E-state index contributed by atoms with van der Waals surface area (Å²) in [6.07, 6.45) is 0. The first-order valence-corrected chi connectivity index (χ1v) is 7.48. The van der Waals surface area contributed by atoms with Crippen LogP contribution in [0.15, 0.2) is 49.9 Å². The van der Waals surface area contributed by atoms with E-state index >= 15 is 0 Å². The van der Waals surface area contributed by atoms with Crippen LogP contribution in [0.3, 0.4) is 0 Å². The number of anilines is 1. The number of hydrogen-bond acceptors (Lipinski definition) is 4. The minimum atomic E-state index is -0.368. The van der Waals surface area contributed by atoms with E-state index in [4.69, 9.17) is 10.3 Å². The van der Waals surface area contributed by atoms with Crippen LogP contribution >= 0.6 is 31.9 Å². The van der Waals surface area contributed by atoms with E-state index in [9.17, 15) is 4.39 Å². The van der Waals surface area contributed by atoms with Crippen molar-refractivity contribution in [1.29, 1.82) is 0 Å². The molecule has 0 aliphatic rings. The van der Waals surface area contributed by atoms with Gasteiger partial charge in [-0.15, -0.1) is 0 Å². The number of halogens is 3. The highest BCUT2D eigenvalue weighted by molar-refractivity contribution is 9.11. The fourth-order valence-corrected chi connectivity index (χ4v) is 2.47. The number of benzene rings is 2. The van der Waals surface area contributed by atoms with Gasteiger partial charge in [-0.3, -0.25) is 0 Å². The van der Waals surface area contributed by atoms with E-state index in [0.717, 1.165) is 4.47 Å². The lowest BCUT2D eigenvalue weighted by Crippen LogP contribution is -1.88. The highest BCUT2D eigenvalue weighted by Crippen LogP contribution is 2.30. The second kappa shape index (κ2) is 5.57. The van der Waals surface area contributed by atoms with Gasteiger partial charge in [0.15, 0.2) is 0 Å². The van der Waals surface area contributed by atoms with Crippen molar-refractivity contribution < 1.29 is 8.91 Å². The predicted molar refractivity (Wildman–Crippen MR) is 84.9 cm³/mol. The van der Waals surface area contributed by atoms with Gasteiger partial charge in [-0.05, 0) is 52.3 Å². The van der Waals surface area contributed by atoms with Crippen LogP contribution in [0.4, 0.5) is 10.1 Å². The number of nitrogen functional groups attached to an aromatic ring is 1. The molecule has 106 valence electrons. The third-order valence-electron chi connectivity index (χ3n) is 2.84. The summed E-state index contributed by atoms with van der Waals surface area (Å²) in [5, 5.41) is 3.88. The SMILES string of the molecule is Nc1cc(-c2nc(-c3cc(F)ccc3Br)no2)ccc1Br. The van der Waals surface area contributed by atoms with Crippen LogP contribution in [-0.4, -0.2) is 10.1 Å². The van der Waals surface area contributed by atoms with E-state index in [1.54, 1.807) is 24.3 Å². The molecule has 0 amide bonds. The lowest BCUT2D eigenvalue weighted by atomic mass is 10.2. The van der Waals surface area contributed by atoms with Gasteiger partial charge in [-0.25, -0.2) is 4.39 Å². The Morgan fingerprint density at radius 3 is 2.57 bits per heavy atom. The smallest absolute Gasteiger partial charge is 0.258 e. The molecule has 2 N–H and O–H groups in total. The van der Waals surface area contributed by atoms with Crippen molar-refractivity contribution in [2.75, 3.05) is 5.73 Å². The molecule has 0 fully saturated rings. The summed E-state index contributed by atoms with van der Waals surface area (Å²) in [4.78, 5) is 4.28. The molecular weight excluding hydrogens is 405 g/mol. The number of aromatic nitrogens is 2. The average Bonchev–Trinajstić information content (AvgIpc) is 2.94. The minimum Gasteiger partial charge on any atom is -0.398 e. The molecule has 21 heavy (non-hydrogen) atoms. The van der Waals surface area contributed by atoms with Crippen LogP contribution in [0.5, 0.6) is 0 Å². The lowest BCUT2D eigenvalue weighted by Gasteiger charge is -1.99. The third-order valence-corrected chi connectivity index (χ3v) is 4.25. The van der Waals surface area contributed by atoms with Crippen molar-refractivity contribution in [3.8, 4) is 22.8 Å². The van der Waals surface area contributed by atoms with Gasteiger partial charge in [0, 0.05) is 25.8 Å². The first-order chi connectivity index (χ1) is 10.0. The van der Waals surface area contributed by atoms with E-state index in [1.165, 1.54) is 12.1 Å². The largest absolute Gasteiger partial charge is 0.398 e. The summed E-state index contributed by atoms with van der Waals surface area (Å²) < 4.78 is 20.0. The molecule has 0 saturated carbocycles. The molecule has 0 aliphatic carbocycles. The molecule has 3 aromatic rings. The third kappa shape index (κ3) is 2.84.